The first-order chi connectivity index (χ1) is 21.4. The Morgan fingerprint density at radius 2 is 0.935 bits per heavy atom. The first-order valence-electron chi connectivity index (χ1n) is 17.7. The molecule has 0 heterocycles. The monoisotopic (exact) mass is 654 g/mol. The molecule has 2 rings (SSSR count). The molecule has 2 saturated carbocycles. The van der Waals surface area contributed by atoms with Gasteiger partial charge in [0.1, 0.15) is 38.5 Å². The van der Waals surface area contributed by atoms with Crippen molar-refractivity contribution in [2.75, 3.05) is 67.6 Å². The van der Waals surface area contributed by atoms with Crippen LogP contribution in [0.15, 0.2) is 0 Å². The zero-order valence-corrected chi connectivity index (χ0v) is 30.7. The summed E-state index contributed by atoms with van der Waals surface area (Å²) in [7, 11) is 7.64. The van der Waals surface area contributed by atoms with Crippen LogP contribution in [0.1, 0.15) is 92.9 Å². The Balaban J connectivity index is 1.63. The Morgan fingerprint density at radius 3 is 1.26 bits per heavy atom. The van der Waals surface area contributed by atoms with Crippen molar-refractivity contribution < 1.29 is 47.1 Å². The number of hydrogen-bond acceptors (Lipinski definition) is 8. The first-order valence-corrected chi connectivity index (χ1v) is 17.7. The second-order valence-corrected chi connectivity index (χ2v) is 16.3. The molecule has 0 aromatic carbocycles. The lowest BCUT2D eigenvalue weighted by Crippen LogP contribution is -2.48. The fourth-order valence-electron chi connectivity index (χ4n) is 6.93. The summed E-state index contributed by atoms with van der Waals surface area (Å²) in [5, 5.41) is 0. The third kappa shape index (κ3) is 14.7. The highest BCUT2D eigenvalue weighted by atomic mass is 16.6. The Hall–Kier alpha value is -2.20. The standard InChI is InChI=1S/C36H66N2O8/c1-25(2)29-13-11-27(5)21-31(29)45-35(41)23-37(7,8)17-19-43-33(39)15-16-34(40)44-20-18-38(9,10)24-36(42)46-32-22-28(6)12-14-30(32)26(3)4/h25-32H,11-24H2,1-10H3/q+2/t27-,28+,29-,30+,31-,32-/m1/s1. The van der Waals surface area contributed by atoms with Gasteiger partial charge in [-0.3, -0.25) is 9.59 Å². The Bertz CT molecular complexity index is 916. The van der Waals surface area contributed by atoms with Crippen molar-refractivity contribution in [3.8, 4) is 0 Å². The summed E-state index contributed by atoms with van der Waals surface area (Å²) >= 11 is 0. The van der Waals surface area contributed by atoms with Gasteiger partial charge < -0.3 is 27.9 Å². The quantitative estimate of drug-likeness (QED) is 0.122. The predicted octanol–water partition coefficient (Wildman–Crippen LogP) is 5.01. The summed E-state index contributed by atoms with van der Waals surface area (Å²) in [6.07, 6.45) is 6.12. The van der Waals surface area contributed by atoms with E-state index in [2.05, 4.69) is 41.5 Å². The molecule has 0 bridgehead atoms. The number of carbonyl (C=O) groups is 4. The van der Waals surface area contributed by atoms with Crippen LogP contribution < -0.4 is 0 Å². The van der Waals surface area contributed by atoms with Crippen LogP contribution in [0, 0.1) is 35.5 Å². The summed E-state index contributed by atoms with van der Waals surface area (Å²) in [5.41, 5.74) is 0. The summed E-state index contributed by atoms with van der Waals surface area (Å²) in [6.45, 7) is 14.8. The molecule has 0 saturated heterocycles. The Kier molecular flexibility index (Phi) is 16.0. The maximum absolute atomic E-state index is 12.8. The van der Waals surface area contributed by atoms with Gasteiger partial charge in [-0.15, -0.1) is 0 Å². The van der Waals surface area contributed by atoms with Gasteiger partial charge in [-0.05, 0) is 61.2 Å². The fourth-order valence-corrected chi connectivity index (χ4v) is 6.93. The van der Waals surface area contributed by atoms with Crippen molar-refractivity contribution in [2.45, 2.75) is 105 Å². The highest BCUT2D eigenvalue weighted by Crippen LogP contribution is 2.36. The zero-order valence-electron chi connectivity index (χ0n) is 30.7. The van der Waals surface area contributed by atoms with E-state index in [0.29, 0.717) is 57.6 Å². The zero-order chi connectivity index (χ0) is 34.7. The molecule has 0 spiro atoms. The molecule has 10 nitrogen and oxygen atoms in total. The van der Waals surface area contributed by atoms with Gasteiger partial charge in [0, 0.05) is 0 Å². The van der Waals surface area contributed by atoms with E-state index in [1.165, 1.54) is 12.8 Å². The van der Waals surface area contributed by atoms with E-state index in [1.807, 2.05) is 28.2 Å². The molecule has 0 radical (unpaired) electrons. The molecule has 6 atom stereocenters. The van der Waals surface area contributed by atoms with E-state index in [-0.39, 0.29) is 63.3 Å². The van der Waals surface area contributed by atoms with Gasteiger partial charge in [-0.1, -0.05) is 54.4 Å². The van der Waals surface area contributed by atoms with Crippen LogP contribution in [-0.2, 0) is 38.1 Å². The minimum absolute atomic E-state index is 0.0386. The van der Waals surface area contributed by atoms with Crippen molar-refractivity contribution >= 4 is 23.9 Å². The van der Waals surface area contributed by atoms with Crippen LogP contribution in [-0.4, -0.2) is 113 Å². The largest absolute Gasteiger partial charge is 0.460 e. The van der Waals surface area contributed by atoms with Gasteiger partial charge in [-0.2, -0.15) is 0 Å². The average molecular weight is 655 g/mol. The van der Waals surface area contributed by atoms with Crippen molar-refractivity contribution in [2.24, 2.45) is 35.5 Å². The second kappa shape index (κ2) is 18.4. The smallest absolute Gasteiger partial charge is 0.362 e. The van der Waals surface area contributed by atoms with Crippen LogP contribution in [0.25, 0.3) is 0 Å². The lowest BCUT2D eigenvalue weighted by Gasteiger charge is -2.37. The second-order valence-electron chi connectivity index (χ2n) is 16.3. The van der Waals surface area contributed by atoms with Crippen LogP contribution in [0.5, 0.6) is 0 Å². The SMILES string of the molecule is CC(C)[C@H]1CC[C@@H](C)C[C@H]1OC(=O)C[N+](C)(C)CCOC(=O)CCC(=O)OCC[N+](C)(C)CC(=O)O[C@@H]1C[C@@H](C)CC[C@H]1C(C)C. The highest BCUT2D eigenvalue weighted by molar-refractivity contribution is 5.77. The highest BCUT2D eigenvalue weighted by Gasteiger charge is 2.36. The summed E-state index contributed by atoms with van der Waals surface area (Å²) in [5.74, 6) is 1.44. The Morgan fingerprint density at radius 1 is 0.587 bits per heavy atom. The van der Waals surface area contributed by atoms with E-state index in [9.17, 15) is 19.2 Å². The van der Waals surface area contributed by atoms with Gasteiger partial charge in [0.15, 0.2) is 13.1 Å². The number of rotatable bonds is 17. The molecule has 2 aliphatic carbocycles. The lowest BCUT2D eigenvalue weighted by atomic mass is 9.75. The number of likely N-dealkylation sites (N-methyl/N-ethyl adjacent to an activating group) is 2. The van der Waals surface area contributed by atoms with Crippen molar-refractivity contribution in [3.05, 3.63) is 0 Å². The number of ether oxygens (including phenoxy) is 4. The van der Waals surface area contributed by atoms with Crippen LogP contribution >= 0.6 is 0 Å². The van der Waals surface area contributed by atoms with E-state index in [0.717, 1.165) is 25.7 Å². The minimum atomic E-state index is -0.480. The molecule has 0 aliphatic heterocycles. The maximum atomic E-state index is 12.8. The molecular formula is C36H66N2O8+2. The van der Waals surface area contributed by atoms with Crippen LogP contribution in [0.4, 0.5) is 0 Å². The van der Waals surface area contributed by atoms with Gasteiger partial charge in [0.25, 0.3) is 0 Å². The molecule has 2 aliphatic rings. The Labute approximate surface area is 279 Å². The molecular weight excluding hydrogens is 588 g/mol. The summed E-state index contributed by atoms with van der Waals surface area (Å²) in [6, 6.07) is 0. The maximum Gasteiger partial charge on any atom is 0.362 e. The van der Waals surface area contributed by atoms with Gasteiger partial charge in [-0.25, -0.2) is 9.59 Å². The van der Waals surface area contributed by atoms with E-state index >= 15 is 0 Å². The molecule has 0 aromatic heterocycles. The summed E-state index contributed by atoms with van der Waals surface area (Å²) < 4.78 is 23.3. The topological polar surface area (TPSA) is 105 Å². The summed E-state index contributed by atoms with van der Waals surface area (Å²) in [4.78, 5) is 50.1. The van der Waals surface area contributed by atoms with Gasteiger partial charge in [0.2, 0.25) is 0 Å². The van der Waals surface area contributed by atoms with E-state index < -0.39 is 11.9 Å². The molecule has 46 heavy (non-hydrogen) atoms. The normalized spacial score (nSPS) is 25.7. The van der Waals surface area contributed by atoms with E-state index in [1.54, 1.807) is 0 Å². The van der Waals surface area contributed by atoms with Crippen molar-refractivity contribution in [1.82, 2.24) is 0 Å². The first kappa shape index (κ1) is 40.0. The van der Waals surface area contributed by atoms with Crippen LogP contribution in [0.2, 0.25) is 0 Å². The predicted molar refractivity (Wildman–Crippen MR) is 177 cm³/mol. The van der Waals surface area contributed by atoms with Crippen molar-refractivity contribution in [1.29, 1.82) is 0 Å². The molecule has 0 amide bonds. The van der Waals surface area contributed by atoms with E-state index in [4.69, 9.17) is 18.9 Å². The van der Waals surface area contributed by atoms with Crippen LogP contribution in [0.3, 0.4) is 0 Å². The van der Waals surface area contributed by atoms with Gasteiger partial charge in [0.05, 0.1) is 41.0 Å². The van der Waals surface area contributed by atoms with Crippen molar-refractivity contribution in [3.63, 3.8) is 0 Å². The lowest BCUT2D eigenvalue weighted by molar-refractivity contribution is -0.883. The molecule has 0 N–H and O–H groups in total. The number of carbonyl (C=O) groups excluding carboxylic acids is 4. The third-order valence-corrected chi connectivity index (χ3v) is 10.1. The molecule has 0 unspecified atom stereocenters. The number of nitrogens with zero attached hydrogens (tertiary/aromatic N) is 2. The molecule has 10 heteroatoms. The average Bonchev–Trinajstić information content (AvgIpc) is 2.90. The number of esters is 4. The molecule has 266 valence electrons. The fraction of sp³-hybridized carbons (Fsp3) is 0.889. The molecule has 0 aromatic rings. The van der Waals surface area contributed by atoms with Gasteiger partial charge >= 0.3 is 23.9 Å². The number of hydrogen-bond donors (Lipinski definition) is 0. The minimum Gasteiger partial charge on any atom is -0.460 e. The number of quaternary nitrogens is 2. The molecule has 2 fully saturated rings. The third-order valence-electron chi connectivity index (χ3n) is 10.1.